The highest BCUT2D eigenvalue weighted by molar-refractivity contribution is 7.99. The van der Waals surface area contributed by atoms with E-state index in [1.54, 1.807) is 0 Å². The summed E-state index contributed by atoms with van der Waals surface area (Å²) in [5.74, 6) is 1.17. The van der Waals surface area contributed by atoms with Crippen LogP contribution < -0.4 is 5.32 Å². The minimum Gasteiger partial charge on any atom is -0.313 e. The predicted molar refractivity (Wildman–Crippen MR) is 89.5 cm³/mol. The normalized spacial score (nSPS) is 20.8. The van der Waals surface area contributed by atoms with Gasteiger partial charge in [0.05, 0.1) is 0 Å². The van der Waals surface area contributed by atoms with Gasteiger partial charge in [0.2, 0.25) is 0 Å². The molecule has 1 unspecified atom stereocenters. The summed E-state index contributed by atoms with van der Waals surface area (Å²) in [6, 6.07) is 11.4. The van der Waals surface area contributed by atoms with Gasteiger partial charge in [-0.2, -0.15) is 0 Å². The van der Waals surface area contributed by atoms with E-state index in [2.05, 4.69) is 47.5 Å². The average molecular weight is 292 g/mol. The van der Waals surface area contributed by atoms with Gasteiger partial charge in [-0.3, -0.25) is 0 Å². The third-order valence-electron chi connectivity index (χ3n) is 3.91. The summed E-state index contributed by atoms with van der Waals surface area (Å²) in [6.07, 6.45) is 5.29. The van der Waals surface area contributed by atoms with Gasteiger partial charge in [0, 0.05) is 23.2 Å². The molecule has 1 aliphatic heterocycles. The lowest BCUT2D eigenvalue weighted by molar-refractivity contribution is 0.283. The van der Waals surface area contributed by atoms with Crippen molar-refractivity contribution in [2.75, 3.05) is 31.9 Å². The first-order valence-electron chi connectivity index (χ1n) is 8.02. The van der Waals surface area contributed by atoms with Crippen LogP contribution in [0.3, 0.4) is 0 Å². The van der Waals surface area contributed by atoms with Gasteiger partial charge >= 0.3 is 0 Å². The average Bonchev–Trinajstić information content (AvgIpc) is 2.71. The van der Waals surface area contributed by atoms with E-state index in [1.807, 2.05) is 11.8 Å². The number of hydrogen-bond acceptors (Lipinski definition) is 3. The van der Waals surface area contributed by atoms with Crippen molar-refractivity contribution in [3.8, 4) is 0 Å². The Balaban J connectivity index is 1.60. The molecule has 1 saturated heterocycles. The van der Waals surface area contributed by atoms with E-state index in [0.29, 0.717) is 0 Å². The minimum absolute atomic E-state index is 0.730. The Labute approximate surface area is 128 Å². The summed E-state index contributed by atoms with van der Waals surface area (Å²) >= 11 is 1.95. The van der Waals surface area contributed by atoms with Crippen molar-refractivity contribution in [1.29, 1.82) is 0 Å². The Bertz CT molecular complexity index is 355. The number of hydrogen-bond donors (Lipinski definition) is 1. The van der Waals surface area contributed by atoms with Crippen LogP contribution in [0.5, 0.6) is 0 Å². The number of likely N-dealkylation sites (tertiary alicyclic amines) is 1. The van der Waals surface area contributed by atoms with Gasteiger partial charge in [-0.05, 0) is 57.5 Å². The largest absolute Gasteiger partial charge is 0.313 e. The van der Waals surface area contributed by atoms with Crippen molar-refractivity contribution in [2.45, 2.75) is 43.5 Å². The van der Waals surface area contributed by atoms with E-state index in [-0.39, 0.29) is 0 Å². The molecule has 1 aliphatic rings. The maximum atomic E-state index is 3.75. The van der Waals surface area contributed by atoms with Crippen LogP contribution in [0.1, 0.15) is 32.6 Å². The monoisotopic (exact) mass is 292 g/mol. The van der Waals surface area contributed by atoms with E-state index in [1.165, 1.54) is 56.0 Å². The highest BCUT2D eigenvalue weighted by Gasteiger charge is 2.15. The second-order valence-electron chi connectivity index (χ2n) is 5.59. The second kappa shape index (κ2) is 9.43. The molecular weight excluding hydrogens is 264 g/mol. The van der Waals surface area contributed by atoms with Crippen molar-refractivity contribution < 1.29 is 0 Å². The Morgan fingerprint density at radius 1 is 1.20 bits per heavy atom. The molecule has 0 spiro atoms. The summed E-state index contributed by atoms with van der Waals surface area (Å²) < 4.78 is 0. The van der Waals surface area contributed by atoms with Gasteiger partial charge in [0.15, 0.2) is 0 Å². The fourth-order valence-electron chi connectivity index (χ4n) is 2.85. The zero-order valence-electron chi connectivity index (χ0n) is 12.7. The molecule has 1 N–H and O–H groups in total. The van der Waals surface area contributed by atoms with Crippen LogP contribution >= 0.6 is 11.8 Å². The first-order valence-corrected chi connectivity index (χ1v) is 9.00. The summed E-state index contributed by atoms with van der Waals surface area (Å²) in [5.41, 5.74) is 0. The molecule has 0 aliphatic carbocycles. The molecule has 0 amide bonds. The third kappa shape index (κ3) is 5.86. The van der Waals surface area contributed by atoms with Crippen LogP contribution in [-0.2, 0) is 0 Å². The molecule has 3 heteroatoms. The molecule has 1 aromatic rings. The Kier molecular flexibility index (Phi) is 7.48. The van der Waals surface area contributed by atoms with Crippen molar-refractivity contribution in [3.05, 3.63) is 30.3 Å². The van der Waals surface area contributed by atoms with Crippen LogP contribution in [0, 0.1) is 0 Å². The molecular formula is C17H28N2S. The van der Waals surface area contributed by atoms with Crippen LogP contribution in [0.25, 0.3) is 0 Å². The van der Waals surface area contributed by atoms with Crippen molar-refractivity contribution in [3.63, 3.8) is 0 Å². The molecule has 1 atom stereocenters. The summed E-state index contributed by atoms with van der Waals surface area (Å²) in [6.45, 7) is 7.25. The smallest absolute Gasteiger partial charge is 0.0106 e. The van der Waals surface area contributed by atoms with Gasteiger partial charge in [0.1, 0.15) is 0 Å². The first-order chi connectivity index (χ1) is 9.88. The number of nitrogens with one attached hydrogen (secondary N) is 1. The summed E-state index contributed by atoms with van der Waals surface area (Å²) in [7, 11) is 0. The molecule has 0 saturated carbocycles. The molecule has 2 nitrogen and oxygen atoms in total. The highest BCUT2D eigenvalue weighted by atomic mass is 32.2. The molecule has 1 heterocycles. The fourth-order valence-corrected chi connectivity index (χ4v) is 3.65. The quantitative estimate of drug-likeness (QED) is 0.610. The standard InChI is InChI=1S/C17H28N2S/c1-2-12-19-13-6-7-16(10-14-19)18-11-15-20-17-8-4-3-5-9-17/h3-5,8-9,16,18H,2,6-7,10-15H2,1H3. The fraction of sp³-hybridized carbons (Fsp3) is 0.647. The molecule has 0 bridgehead atoms. The van der Waals surface area contributed by atoms with Crippen molar-refractivity contribution >= 4 is 11.8 Å². The molecule has 1 fully saturated rings. The number of nitrogens with zero attached hydrogens (tertiary/aromatic N) is 1. The lowest BCUT2D eigenvalue weighted by atomic mass is 10.1. The SMILES string of the molecule is CCCN1CCCC(NCCSc2ccccc2)CC1. The third-order valence-corrected chi connectivity index (χ3v) is 4.92. The lowest BCUT2D eigenvalue weighted by Gasteiger charge is -2.19. The van der Waals surface area contributed by atoms with Gasteiger partial charge in [-0.15, -0.1) is 11.8 Å². The maximum absolute atomic E-state index is 3.75. The molecule has 0 radical (unpaired) electrons. The summed E-state index contributed by atoms with van der Waals surface area (Å²) in [5, 5.41) is 3.75. The van der Waals surface area contributed by atoms with E-state index in [4.69, 9.17) is 0 Å². The number of benzene rings is 1. The van der Waals surface area contributed by atoms with Gasteiger partial charge < -0.3 is 10.2 Å². The van der Waals surface area contributed by atoms with E-state index in [9.17, 15) is 0 Å². The van der Waals surface area contributed by atoms with E-state index in [0.717, 1.165) is 12.6 Å². The predicted octanol–water partition coefficient (Wildman–Crippen LogP) is 3.63. The molecule has 112 valence electrons. The topological polar surface area (TPSA) is 15.3 Å². The molecule has 0 aromatic heterocycles. The van der Waals surface area contributed by atoms with Gasteiger partial charge in [-0.1, -0.05) is 25.1 Å². The van der Waals surface area contributed by atoms with Crippen molar-refractivity contribution in [1.82, 2.24) is 10.2 Å². The first kappa shape index (κ1) is 15.9. The van der Waals surface area contributed by atoms with Gasteiger partial charge in [-0.25, -0.2) is 0 Å². The minimum atomic E-state index is 0.730. The van der Waals surface area contributed by atoms with E-state index >= 15 is 0 Å². The van der Waals surface area contributed by atoms with E-state index < -0.39 is 0 Å². The molecule has 1 aromatic carbocycles. The van der Waals surface area contributed by atoms with Crippen LogP contribution in [0.2, 0.25) is 0 Å². The Morgan fingerprint density at radius 3 is 2.85 bits per heavy atom. The van der Waals surface area contributed by atoms with Crippen molar-refractivity contribution in [2.24, 2.45) is 0 Å². The Hall–Kier alpha value is -0.510. The lowest BCUT2D eigenvalue weighted by Crippen LogP contribution is -2.32. The molecule has 2 rings (SSSR count). The second-order valence-corrected chi connectivity index (χ2v) is 6.75. The zero-order valence-corrected chi connectivity index (χ0v) is 13.5. The van der Waals surface area contributed by atoms with Gasteiger partial charge in [0.25, 0.3) is 0 Å². The number of rotatable bonds is 7. The van der Waals surface area contributed by atoms with Crippen LogP contribution in [0.15, 0.2) is 35.2 Å². The zero-order chi connectivity index (χ0) is 14.0. The highest BCUT2D eigenvalue weighted by Crippen LogP contribution is 2.16. The number of thioether (sulfide) groups is 1. The summed E-state index contributed by atoms with van der Waals surface area (Å²) in [4.78, 5) is 4.00. The molecule has 20 heavy (non-hydrogen) atoms. The van der Waals surface area contributed by atoms with Crippen LogP contribution in [0.4, 0.5) is 0 Å². The maximum Gasteiger partial charge on any atom is 0.0106 e. The Morgan fingerprint density at radius 2 is 2.05 bits per heavy atom. The van der Waals surface area contributed by atoms with Crippen LogP contribution in [-0.4, -0.2) is 42.9 Å².